The average molecular weight is 237 g/mol. The molecule has 1 aliphatic carbocycles. The summed E-state index contributed by atoms with van der Waals surface area (Å²) in [5, 5.41) is 8.39. The summed E-state index contributed by atoms with van der Waals surface area (Å²) in [6, 6.07) is 1.04. The highest BCUT2D eigenvalue weighted by atomic mass is 16.5. The van der Waals surface area contributed by atoms with E-state index in [1.54, 1.807) is 6.07 Å². The molecule has 1 heterocycles. The molecule has 0 aromatic carbocycles. The molecule has 1 saturated carbocycles. The van der Waals surface area contributed by atoms with E-state index in [2.05, 4.69) is 15.8 Å². The van der Waals surface area contributed by atoms with Gasteiger partial charge < -0.3 is 9.84 Å². The molecule has 0 unspecified atom stereocenters. The van der Waals surface area contributed by atoms with Gasteiger partial charge in [0.05, 0.1) is 0 Å². The normalized spacial score (nSPS) is 14.8. The van der Waals surface area contributed by atoms with Crippen LogP contribution in [-0.4, -0.2) is 23.1 Å². The molecule has 0 atom stereocenters. The van der Waals surface area contributed by atoms with E-state index >= 15 is 0 Å². The van der Waals surface area contributed by atoms with Gasteiger partial charge in [-0.3, -0.25) is 10.1 Å². The molecule has 3 amide bonds. The van der Waals surface area contributed by atoms with E-state index in [-0.39, 0.29) is 11.7 Å². The van der Waals surface area contributed by atoms with Crippen molar-refractivity contribution in [1.82, 2.24) is 15.8 Å². The van der Waals surface area contributed by atoms with Crippen molar-refractivity contribution in [2.24, 2.45) is 0 Å². The second-order valence-corrected chi connectivity index (χ2v) is 4.47. The molecule has 92 valence electrons. The van der Waals surface area contributed by atoms with Gasteiger partial charge in [-0.2, -0.15) is 0 Å². The smallest absolute Gasteiger partial charge is 0.321 e. The molecule has 0 radical (unpaired) electrons. The highest BCUT2D eigenvalue weighted by Gasteiger charge is 2.29. The maximum absolute atomic E-state index is 11.6. The maximum atomic E-state index is 11.6. The van der Waals surface area contributed by atoms with Crippen molar-refractivity contribution in [2.75, 3.05) is 0 Å². The first-order chi connectivity index (χ1) is 8.06. The third kappa shape index (κ3) is 3.05. The molecule has 6 heteroatoms. The molecular weight excluding hydrogens is 222 g/mol. The first-order valence-electron chi connectivity index (χ1n) is 5.64. The summed E-state index contributed by atoms with van der Waals surface area (Å²) in [6.45, 7) is 3.62. The number of carbonyl (C=O) groups excluding carboxylic acids is 2. The van der Waals surface area contributed by atoms with Crippen molar-refractivity contribution in [3.8, 4) is 0 Å². The van der Waals surface area contributed by atoms with Gasteiger partial charge in [0.25, 0.3) is 5.91 Å². The summed E-state index contributed by atoms with van der Waals surface area (Å²) in [5.41, 5.74) is 0.144. The van der Waals surface area contributed by atoms with E-state index in [9.17, 15) is 9.59 Å². The summed E-state index contributed by atoms with van der Waals surface area (Å²) >= 11 is 0. The zero-order chi connectivity index (χ0) is 12.4. The number of aromatic nitrogens is 1. The summed E-state index contributed by atoms with van der Waals surface area (Å²) in [6.07, 6.45) is 2.15. The van der Waals surface area contributed by atoms with Gasteiger partial charge in [-0.05, 0) is 26.7 Å². The standard InChI is InChI=1S/C11H15N3O3/c1-6(2)12-11(16)13-10(15)8-5-9(17-14-8)7-3-4-7/h5-7H,3-4H2,1-2H3,(H2,12,13,15,16). The Morgan fingerprint density at radius 1 is 1.47 bits per heavy atom. The van der Waals surface area contributed by atoms with Crippen molar-refractivity contribution >= 4 is 11.9 Å². The molecule has 1 fully saturated rings. The Morgan fingerprint density at radius 2 is 2.18 bits per heavy atom. The number of amides is 3. The van der Waals surface area contributed by atoms with Crippen LogP contribution in [0.3, 0.4) is 0 Å². The largest absolute Gasteiger partial charge is 0.360 e. The SMILES string of the molecule is CC(C)NC(=O)NC(=O)c1cc(C2CC2)on1. The number of hydrogen-bond donors (Lipinski definition) is 2. The highest BCUT2D eigenvalue weighted by Crippen LogP contribution is 2.40. The van der Waals surface area contributed by atoms with Gasteiger partial charge in [-0.25, -0.2) is 4.79 Å². The number of carbonyl (C=O) groups is 2. The van der Waals surface area contributed by atoms with E-state index < -0.39 is 11.9 Å². The molecule has 0 saturated heterocycles. The van der Waals surface area contributed by atoms with Crippen molar-refractivity contribution < 1.29 is 14.1 Å². The van der Waals surface area contributed by atoms with E-state index in [4.69, 9.17) is 4.52 Å². The average Bonchev–Trinajstić information content (AvgIpc) is 2.95. The monoisotopic (exact) mass is 237 g/mol. The second kappa shape index (κ2) is 4.57. The van der Waals surface area contributed by atoms with E-state index in [1.807, 2.05) is 13.8 Å². The molecule has 1 aromatic rings. The Morgan fingerprint density at radius 3 is 2.76 bits per heavy atom. The molecule has 2 N–H and O–H groups in total. The Kier molecular flexibility index (Phi) is 3.12. The number of imide groups is 1. The minimum atomic E-state index is -0.543. The van der Waals surface area contributed by atoms with Crippen molar-refractivity contribution in [1.29, 1.82) is 0 Å². The quantitative estimate of drug-likeness (QED) is 0.832. The van der Waals surface area contributed by atoms with Crippen LogP contribution in [0.15, 0.2) is 10.6 Å². The van der Waals surface area contributed by atoms with E-state index in [1.165, 1.54) is 0 Å². The van der Waals surface area contributed by atoms with Gasteiger partial charge in [0.15, 0.2) is 5.69 Å². The minimum Gasteiger partial charge on any atom is -0.360 e. The van der Waals surface area contributed by atoms with Gasteiger partial charge in [0, 0.05) is 18.0 Å². The molecule has 2 rings (SSSR count). The third-order valence-electron chi connectivity index (χ3n) is 2.39. The Labute approximate surface area is 98.7 Å². The van der Waals surface area contributed by atoms with Crippen molar-refractivity contribution in [3.63, 3.8) is 0 Å². The van der Waals surface area contributed by atoms with Crippen LogP contribution in [0.25, 0.3) is 0 Å². The summed E-state index contributed by atoms with van der Waals surface area (Å²) in [4.78, 5) is 22.9. The zero-order valence-electron chi connectivity index (χ0n) is 9.82. The van der Waals surface area contributed by atoms with E-state index in [0.717, 1.165) is 18.6 Å². The molecule has 6 nitrogen and oxygen atoms in total. The molecule has 17 heavy (non-hydrogen) atoms. The molecule has 0 spiro atoms. The van der Waals surface area contributed by atoms with Crippen LogP contribution >= 0.6 is 0 Å². The number of urea groups is 1. The maximum Gasteiger partial charge on any atom is 0.321 e. The van der Waals surface area contributed by atoms with Gasteiger partial charge in [0.1, 0.15) is 5.76 Å². The van der Waals surface area contributed by atoms with Crippen LogP contribution in [-0.2, 0) is 0 Å². The van der Waals surface area contributed by atoms with Crippen LogP contribution in [0.2, 0.25) is 0 Å². The van der Waals surface area contributed by atoms with Gasteiger partial charge in [0.2, 0.25) is 0 Å². The van der Waals surface area contributed by atoms with Gasteiger partial charge >= 0.3 is 6.03 Å². The van der Waals surface area contributed by atoms with Gasteiger partial charge in [-0.1, -0.05) is 5.16 Å². The van der Waals surface area contributed by atoms with Crippen LogP contribution in [0.1, 0.15) is 48.9 Å². The lowest BCUT2D eigenvalue weighted by molar-refractivity contribution is 0.0954. The van der Waals surface area contributed by atoms with Crippen molar-refractivity contribution in [3.05, 3.63) is 17.5 Å². The Bertz CT molecular complexity index is 435. The van der Waals surface area contributed by atoms with Crippen molar-refractivity contribution in [2.45, 2.75) is 38.6 Å². The second-order valence-electron chi connectivity index (χ2n) is 4.47. The number of rotatable bonds is 3. The minimum absolute atomic E-state index is 0.0258. The summed E-state index contributed by atoms with van der Waals surface area (Å²) in [5.74, 6) is 0.576. The molecule has 0 aliphatic heterocycles. The number of nitrogens with one attached hydrogen (secondary N) is 2. The first-order valence-corrected chi connectivity index (χ1v) is 5.64. The van der Waals surface area contributed by atoms with Crippen LogP contribution in [0.5, 0.6) is 0 Å². The first kappa shape index (κ1) is 11.6. The fourth-order valence-electron chi connectivity index (χ4n) is 1.42. The fourth-order valence-corrected chi connectivity index (χ4v) is 1.42. The topological polar surface area (TPSA) is 84.2 Å². The molecular formula is C11H15N3O3. The lowest BCUT2D eigenvalue weighted by Gasteiger charge is -2.07. The van der Waals surface area contributed by atoms with Crippen LogP contribution < -0.4 is 10.6 Å². The lowest BCUT2D eigenvalue weighted by Crippen LogP contribution is -2.42. The summed E-state index contributed by atoms with van der Waals surface area (Å²) < 4.78 is 5.03. The predicted octanol–water partition coefficient (Wildman–Crippen LogP) is 1.40. The number of hydrogen-bond acceptors (Lipinski definition) is 4. The highest BCUT2D eigenvalue weighted by molar-refractivity contribution is 6.03. The Balaban J connectivity index is 1.92. The molecule has 0 bridgehead atoms. The predicted molar refractivity (Wildman–Crippen MR) is 59.6 cm³/mol. The third-order valence-corrected chi connectivity index (χ3v) is 2.39. The fraction of sp³-hybridized carbons (Fsp3) is 0.545. The Hall–Kier alpha value is -1.85. The van der Waals surface area contributed by atoms with Crippen LogP contribution in [0, 0.1) is 0 Å². The number of nitrogens with zero attached hydrogens (tertiary/aromatic N) is 1. The summed E-state index contributed by atoms with van der Waals surface area (Å²) in [7, 11) is 0. The lowest BCUT2D eigenvalue weighted by atomic mass is 10.3. The van der Waals surface area contributed by atoms with Gasteiger partial charge in [-0.15, -0.1) is 0 Å². The molecule has 1 aliphatic rings. The zero-order valence-corrected chi connectivity index (χ0v) is 9.82. The van der Waals surface area contributed by atoms with Crippen LogP contribution in [0.4, 0.5) is 4.79 Å². The van der Waals surface area contributed by atoms with E-state index in [0.29, 0.717) is 5.92 Å². The molecule has 1 aromatic heterocycles.